The zero-order valence-electron chi connectivity index (χ0n) is 15.2. The lowest BCUT2D eigenvalue weighted by atomic mass is 9.63. The van der Waals surface area contributed by atoms with Gasteiger partial charge in [-0.05, 0) is 75.5 Å². The molecule has 1 aromatic carbocycles. The Balaban J connectivity index is 1.30. The van der Waals surface area contributed by atoms with Crippen LogP contribution in [0.4, 0.5) is 4.39 Å². The molecule has 3 nitrogen and oxygen atoms in total. The van der Waals surface area contributed by atoms with Crippen LogP contribution in [0.1, 0.15) is 62.5 Å². The minimum Gasteiger partial charge on any atom is -0.390 e. The second-order valence-corrected chi connectivity index (χ2v) is 9.08. The number of aryl methyl sites for hydroxylation is 1. The number of carbonyl (C=O) groups is 1. The van der Waals surface area contributed by atoms with Gasteiger partial charge in [-0.1, -0.05) is 12.1 Å². The molecule has 25 heavy (non-hydrogen) atoms. The standard InChI is InChI=1S/C21H28FNO2/c1-14-9-16(3-4-18(14)22)15-5-7-21(8-6-15)12-23(13-21)19(24)17-10-20(2,25)11-17/h3-4,9,15,17,25H,5-8,10-13H2,1-2H3/t17-,20+. The maximum absolute atomic E-state index is 13.5. The number of halogens is 1. The van der Waals surface area contributed by atoms with Crippen LogP contribution in [0.15, 0.2) is 18.2 Å². The highest BCUT2D eigenvalue weighted by molar-refractivity contribution is 5.81. The van der Waals surface area contributed by atoms with Gasteiger partial charge in [0.05, 0.1) is 5.60 Å². The largest absolute Gasteiger partial charge is 0.390 e. The van der Waals surface area contributed by atoms with Crippen molar-refractivity contribution < 1.29 is 14.3 Å². The molecule has 0 unspecified atom stereocenters. The predicted molar refractivity (Wildman–Crippen MR) is 94.7 cm³/mol. The van der Waals surface area contributed by atoms with Crippen molar-refractivity contribution in [3.05, 3.63) is 35.1 Å². The molecule has 0 atom stereocenters. The summed E-state index contributed by atoms with van der Waals surface area (Å²) in [4.78, 5) is 14.5. The third kappa shape index (κ3) is 3.10. The Hall–Kier alpha value is -1.42. The van der Waals surface area contributed by atoms with Crippen LogP contribution in [0.3, 0.4) is 0 Å². The molecule has 136 valence electrons. The quantitative estimate of drug-likeness (QED) is 0.886. The summed E-state index contributed by atoms with van der Waals surface area (Å²) in [6, 6.07) is 5.52. The van der Waals surface area contributed by atoms with Crippen molar-refractivity contribution in [1.82, 2.24) is 4.90 Å². The normalized spacial score (nSPS) is 31.5. The predicted octanol–water partition coefficient (Wildman–Crippen LogP) is 3.78. The van der Waals surface area contributed by atoms with E-state index in [-0.39, 0.29) is 17.6 Å². The van der Waals surface area contributed by atoms with Crippen molar-refractivity contribution in [3.8, 4) is 0 Å². The van der Waals surface area contributed by atoms with Gasteiger partial charge in [0.1, 0.15) is 5.82 Å². The molecule has 4 rings (SSSR count). The van der Waals surface area contributed by atoms with E-state index in [1.807, 2.05) is 30.9 Å². The molecule has 2 saturated carbocycles. The molecule has 4 heteroatoms. The van der Waals surface area contributed by atoms with E-state index in [0.717, 1.165) is 44.3 Å². The lowest BCUT2D eigenvalue weighted by Gasteiger charge is -2.55. The summed E-state index contributed by atoms with van der Waals surface area (Å²) in [7, 11) is 0. The van der Waals surface area contributed by atoms with Crippen molar-refractivity contribution in [2.75, 3.05) is 13.1 Å². The highest BCUT2D eigenvalue weighted by Gasteiger charge is 2.51. The van der Waals surface area contributed by atoms with Gasteiger partial charge in [-0.15, -0.1) is 0 Å². The minimum absolute atomic E-state index is 0.0332. The van der Waals surface area contributed by atoms with Crippen LogP contribution in [0.25, 0.3) is 0 Å². The second-order valence-electron chi connectivity index (χ2n) is 9.08. The van der Waals surface area contributed by atoms with Gasteiger partial charge in [0.25, 0.3) is 0 Å². The molecule has 0 radical (unpaired) electrons. The van der Waals surface area contributed by atoms with E-state index in [1.54, 1.807) is 6.07 Å². The summed E-state index contributed by atoms with van der Waals surface area (Å²) < 4.78 is 13.5. The molecule has 1 heterocycles. The van der Waals surface area contributed by atoms with Gasteiger partial charge in [0.15, 0.2) is 0 Å². The van der Waals surface area contributed by atoms with Gasteiger partial charge in [-0.25, -0.2) is 4.39 Å². The zero-order valence-corrected chi connectivity index (χ0v) is 15.2. The summed E-state index contributed by atoms with van der Waals surface area (Å²) in [5.74, 6) is 0.676. The summed E-state index contributed by atoms with van der Waals surface area (Å²) >= 11 is 0. The van der Waals surface area contributed by atoms with Crippen molar-refractivity contribution in [1.29, 1.82) is 0 Å². The van der Waals surface area contributed by atoms with E-state index in [1.165, 1.54) is 5.56 Å². The van der Waals surface area contributed by atoms with E-state index in [9.17, 15) is 14.3 Å². The third-order valence-corrected chi connectivity index (χ3v) is 6.79. The van der Waals surface area contributed by atoms with Crippen LogP contribution in [0.5, 0.6) is 0 Å². The number of benzene rings is 1. The molecule has 3 aliphatic rings. The Kier molecular flexibility index (Phi) is 3.95. The maximum Gasteiger partial charge on any atom is 0.225 e. The van der Waals surface area contributed by atoms with Crippen LogP contribution in [0.2, 0.25) is 0 Å². The summed E-state index contributed by atoms with van der Waals surface area (Å²) in [5.41, 5.74) is 1.68. The van der Waals surface area contributed by atoms with Crippen LogP contribution in [-0.4, -0.2) is 34.6 Å². The van der Waals surface area contributed by atoms with Crippen LogP contribution in [0, 0.1) is 24.1 Å². The average Bonchev–Trinajstić information content (AvgIpc) is 2.52. The number of rotatable bonds is 2. The summed E-state index contributed by atoms with van der Waals surface area (Å²) in [5, 5.41) is 9.83. The van der Waals surface area contributed by atoms with Crippen molar-refractivity contribution in [2.24, 2.45) is 11.3 Å². The lowest BCUT2D eigenvalue weighted by molar-refractivity contribution is -0.163. The molecule has 1 amide bonds. The molecule has 0 bridgehead atoms. The zero-order chi connectivity index (χ0) is 17.8. The Bertz CT molecular complexity index is 675. The Morgan fingerprint density at radius 2 is 1.88 bits per heavy atom. The first kappa shape index (κ1) is 17.0. The van der Waals surface area contributed by atoms with Gasteiger partial charge < -0.3 is 10.0 Å². The van der Waals surface area contributed by atoms with Gasteiger partial charge in [0.2, 0.25) is 5.91 Å². The summed E-state index contributed by atoms with van der Waals surface area (Å²) in [6.07, 6.45) is 5.79. The van der Waals surface area contributed by atoms with Gasteiger partial charge in [-0.2, -0.15) is 0 Å². The molecule has 1 aromatic rings. The van der Waals surface area contributed by atoms with Crippen molar-refractivity contribution >= 4 is 5.91 Å². The third-order valence-electron chi connectivity index (χ3n) is 6.79. The van der Waals surface area contributed by atoms with Crippen LogP contribution in [-0.2, 0) is 4.79 Å². The van der Waals surface area contributed by atoms with Gasteiger partial charge >= 0.3 is 0 Å². The van der Waals surface area contributed by atoms with E-state index in [0.29, 0.717) is 24.2 Å². The number of hydrogen-bond donors (Lipinski definition) is 1. The van der Waals surface area contributed by atoms with Crippen LogP contribution >= 0.6 is 0 Å². The first-order chi connectivity index (χ1) is 11.8. The SMILES string of the molecule is Cc1cc(C2CCC3(CC2)CN(C(=O)[C@H]2C[C@@](C)(O)C2)C3)ccc1F. The fourth-order valence-corrected chi connectivity index (χ4v) is 5.16. The topological polar surface area (TPSA) is 40.5 Å². The Labute approximate surface area is 149 Å². The molecule has 0 aromatic heterocycles. The molecule has 1 aliphatic heterocycles. The van der Waals surface area contributed by atoms with Crippen molar-refractivity contribution in [2.45, 2.75) is 63.9 Å². The number of likely N-dealkylation sites (tertiary alicyclic amines) is 1. The molecule has 2 aliphatic carbocycles. The lowest BCUT2D eigenvalue weighted by Crippen LogP contribution is -2.62. The van der Waals surface area contributed by atoms with Gasteiger partial charge in [-0.3, -0.25) is 4.79 Å². The number of hydrogen-bond acceptors (Lipinski definition) is 2. The smallest absolute Gasteiger partial charge is 0.225 e. The second kappa shape index (κ2) is 5.80. The van der Waals surface area contributed by atoms with Crippen molar-refractivity contribution in [3.63, 3.8) is 0 Å². The van der Waals surface area contributed by atoms with Crippen LogP contribution < -0.4 is 0 Å². The Morgan fingerprint density at radius 3 is 2.44 bits per heavy atom. The first-order valence-corrected chi connectivity index (χ1v) is 9.54. The number of nitrogens with zero attached hydrogens (tertiary/aromatic N) is 1. The minimum atomic E-state index is -0.631. The maximum atomic E-state index is 13.5. The number of aliphatic hydroxyl groups is 1. The fourth-order valence-electron chi connectivity index (χ4n) is 5.16. The molecule has 3 fully saturated rings. The average molecular weight is 345 g/mol. The fraction of sp³-hybridized carbons (Fsp3) is 0.667. The summed E-state index contributed by atoms with van der Waals surface area (Å²) in [6.45, 7) is 5.42. The molecular weight excluding hydrogens is 317 g/mol. The highest BCUT2D eigenvalue weighted by atomic mass is 19.1. The first-order valence-electron chi connectivity index (χ1n) is 9.54. The van der Waals surface area contributed by atoms with Gasteiger partial charge in [0, 0.05) is 24.4 Å². The molecule has 1 N–H and O–H groups in total. The van der Waals surface area contributed by atoms with E-state index in [2.05, 4.69) is 0 Å². The molecule has 1 saturated heterocycles. The number of amides is 1. The van der Waals surface area contributed by atoms with E-state index in [4.69, 9.17) is 0 Å². The van der Waals surface area contributed by atoms with E-state index >= 15 is 0 Å². The highest BCUT2D eigenvalue weighted by Crippen LogP contribution is 2.49. The number of carbonyl (C=O) groups excluding carboxylic acids is 1. The monoisotopic (exact) mass is 345 g/mol. The molecular formula is C21H28FNO2. The Morgan fingerprint density at radius 1 is 1.24 bits per heavy atom. The van der Waals surface area contributed by atoms with E-state index < -0.39 is 5.60 Å². The molecule has 1 spiro atoms.